The van der Waals surface area contributed by atoms with Crippen LogP contribution in [0.15, 0.2) is 48.5 Å². The number of thioether (sulfide) groups is 2. The van der Waals surface area contributed by atoms with Crippen molar-refractivity contribution in [2.24, 2.45) is 17.3 Å². The van der Waals surface area contributed by atoms with E-state index in [1.54, 1.807) is 123 Å². The van der Waals surface area contributed by atoms with Gasteiger partial charge in [-0.2, -0.15) is 0 Å². The molecule has 4 heterocycles. The molecule has 32 nitrogen and oxygen atoms in total. The highest BCUT2D eigenvalue weighted by Crippen LogP contribution is 2.35. The van der Waals surface area contributed by atoms with Crippen molar-refractivity contribution >= 4 is 83.1 Å². The quantitative estimate of drug-likeness (QED) is 0.0294. The van der Waals surface area contributed by atoms with E-state index in [4.69, 9.17) is 56.8 Å². The summed E-state index contributed by atoms with van der Waals surface area (Å²) in [5.74, 6) is -0.694. The highest BCUT2D eigenvalue weighted by Gasteiger charge is 2.44. The molecule has 4 aliphatic rings. The minimum atomic E-state index is -0.929. The Balaban J connectivity index is 0.646. The van der Waals surface area contributed by atoms with Gasteiger partial charge in [-0.15, -0.1) is 23.5 Å². The van der Waals surface area contributed by atoms with Crippen LogP contribution in [0.25, 0.3) is 0 Å². The lowest BCUT2D eigenvalue weighted by Crippen LogP contribution is -2.55. The molecule has 8 amide bonds. The van der Waals surface area contributed by atoms with E-state index in [-0.39, 0.29) is 101 Å². The summed E-state index contributed by atoms with van der Waals surface area (Å²) in [6.45, 7) is 31.6. The lowest BCUT2D eigenvalue weighted by Gasteiger charge is -2.30. The SMILES string of the molecule is CC(C)(COCCOCCCNC(=O)CCOCCOCCNC(=O)C1CCN(C(=O)Oc2ccc(C[C@H](NC(=O)[C@H]3NCSC3(C)C)C(=O)OC(C)(C)C)cc2)CC1)COCCOCCCNC(=O)CCOCCOCCNC(=O)C1CCN(C(=O)Oc2ccc(C[C@H](NC(=O)[C@H]3NCSC3(C)C)C(=O)OC(C)(C)C)cc2)CC1. The van der Waals surface area contributed by atoms with Crippen LogP contribution in [0.1, 0.15) is 146 Å². The summed E-state index contributed by atoms with van der Waals surface area (Å²) in [4.78, 5) is 133. The van der Waals surface area contributed by atoms with Crippen molar-refractivity contribution in [3.05, 3.63) is 59.7 Å². The summed E-state index contributed by atoms with van der Waals surface area (Å²) in [6.07, 6.45) is 2.95. The van der Waals surface area contributed by atoms with E-state index in [0.717, 1.165) is 11.1 Å². The fraction of sp³-hybridized carbons (Fsp3) is 0.728. The van der Waals surface area contributed by atoms with Crippen molar-refractivity contribution in [1.29, 1.82) is 0 Å². The third-order valence-corrected chi connectivity index (χ3v) is 21.4. The smallest absolute Gasteiger partial charge is 0.415 e. The number of ether oxygens (including phenoxy) is 12. The van der Waals surface area contributed by atoms with E-state index < -0.39 is 59.5 Å². The molecule has 0 unspecified atom stereocenters. The Bertz CT molecular complexity index is 3110. The van der Waals surface area contributed by atoms with E-state index in [9.17, 15) is 47.9 Å². The zero-order valence-electron chi connectivity index (χ0n) is 69.7. The number of nitrogens with zero attached hydrogens (tertiary/aromatic N) is 2. The summed E-state index contributed by atoms with van der Waals surface area (Å²) in [5, 5.41) is 23.7. The highest BCUT2D eigenvalue weighted by molar-refractivity contribution is 8.01. The van der Waals surface area contributed by atoms with Crippen LogP contribution >= 0.6 is 23.5 Å². The van der Waals surface area contributed by atoms with Crippen LogP contribution in [-0.2, 0) is 98.6 Å². The summed E-state index contributed by atoms with van der Waals surface area (Å²) >= 11 is 3.27. The molecule has 0 saturated carbocycles. The van der Waals surface area contributed by atoms with E-state index >= 15 is 0 Å². The number of nitrogens with one attached hydrogen (secondary N) is 8. The molecule has 0 aromatic heterocycles. The molecule has 2 aromatic carbocycles. The van der Waals surface area contributed by atoms with Crippen LogP contribution in [0.2, 0.25) is 0 Å². The number of hydrogen-bond donors (Lipinski definition) is 8. The van der Waals surface area contributed by atoms with E-state index in [1.165, 1.54) is 0 Å². The molecule has 8 N–H and O–H groups in total. The Labute approximate surface area is 687 Å². The molecule has 0 aliphatic carbocycles. The summed E-state index contributed by atoms with van der Waals surface area (Å²) in [7, 11) is 0. The molecule has 4 saturated heterocycles. The maximum absolute atomic E-state index is 13.3. The average Bonchev–Trinajstić information content (AvgIpc) is 1.75. The number of amides is 8. The number of carbonyl (C=O) groups is 10. The molecule has 4 atom stereocenters. The molecule has 34 heteroatoms. The molecular weight excluding hydrogens is 1530 g/mol. The van der Waals surface area contributed by atoms with Crippen LogP contribution in [0.4, 0.5) is 9.59 Å². The second-order valence-corrected chi connectivity index (χ2v) is 35.9. The van der Waals surface area contributed by atoms with Crippen LogP contribution < -0.4 is 52.0 Å². The van der Waals surface area contributed by atoms with Crippen molar-refractivity contribution in [3.63, 3.8) is 0 Å². The Morgan fingerprint density at radius 2 is 0.757 bits per heavy atom. The molecular formula is C81H130N10O22S2. The lowest BCUT2D eigenvalue weighted by atomic mass is 9.96. The molecule has 0 radical (unpaired) electrons. The Kier molecular flexibility index (Phi) is 42.2. The van der Waals surface area contributed by atoms with Gasteiger partial charge in [0, 0.05) is 130 Å². The minimum Gasteiger partial charge on any atom is -0.458 e. The fourth-order valence-electron chi connectivity index (χ4n) is 12.5. The summed E-state index contributed by atoms with van der Waals surface area (Å²) in [5.41, 5.74) is -0.239. The molecule has 4 fully saturated rings. The number of rotatable bonds is 50. The van der Waals surface area contributed by atoms with Gasteiger partial charge in [0.2, 0.25) is 35.4 Å². The fourth-order valence-corrected chi connectivity index (χ4v) is 14.4. The van der Waals surface area contributed by atoms with Crippen LogP contribution in [0, 0.1) is 17.3 Å². The number of carbonyl (C=O) groups excluding carboxylic acids is 10. The maximum atomic E-state index is 13.3. The van der Waals surface area contributed by atoms with Gasteiger partial charge in [-0.1, -0.05) is 38.1 Å². The van der Waals surface area contributed by atoms with Gasteiger partial charge in [0.1, 0.15) is 46.9 Å². The molecule has 4 aliphatic heterocycles. The van der Waals surface area contributed by atoms with Gasteiger partial charge >= 0.3 is 24.1 Å². The van der Waals surface area contributed by atoms with Gasteiger partial charge in [0.05, 0.1) is 92.5 Å². The zero-order chi connectivity index (χ0) is 83.9. The Morgan fingerprint density at radius 3 is 1.09 bits per heavy atom. The van der Waals surface area contributed by atoms with Crippen molar-refractivity contribution < 1.29 is 105 Å². The molecule has 2 aromatic rings. The van der Waals surface area contributed by atoms with Crippen molar-refractivity contribution in [1.82, 2.24) is 52.3 Å². The first kappa shape index (κ1) is 96.9. The lowest BCUT2D eigenvalue weighted by molar-refractivity contribution is -0.159. The van der Waals surface area contributed by atoms with Gasteiger partial charge in [-0.25, -0.2) is 19.2 Å². The molecule has 0 spiro atoms. The van der Waals surface area contributed by atoms with Gasteiger partial charge in [-0.05, 0) is 143 Å². The molecule has 6 rings (SSSR count). The third kappa shape index (κ3) is 38.5. The average molecular weight is 1660 g/mol. The molecule has 648 valence electrons. The van der Waals surface area contributed by atoms with Gasteiger partial charge in [-0.3, -0.25) is 39.4 Å². The number of benzene rings is 2. The van der Waals surface area contributed by atoms with Crippen molar-refractivity contribution in [3.8, 4) is 11.5 Å². The topological polar surface area (TPSA) is 384 Å². The standard InChI is InChI=1S/C81H130N10O22S2/c1-77(2,3)112-73(98)63(88-71(96)67-80(9,10)114-55-86-67)51-57-15-19-61(20-16-57)110-75(100)90-33-23-59(24-34-90)69(94)84-31-41-106-45-43-104-39-27-65(92)82-29-13-37-102-47-49-108-53-79(7,8)54-109-50-48-103-38-14-30-83-66(93)28-40-105-44-46-107-42-32-85-70(95)60-25-35-91(36-26-60)76(101)111-62-21-17-58(18-22-62)52-64(74(99)113-78(4,5)6)89-72(97)68-81(11,12)115-56-87-68/h15-22,59-60,63-64,67-68,86-87H,13-14,23-56H2,1-12H3,(H,82,92)(H,83,93)(H,84,94)(H,85,95)(H,88,96)(H,89,97)/t63-,64-,67+,68+/m0/s1. The maximum Gasteiger partial charge on any atom is 0.415 e. The van der Waals surface area contributed by atoms with Crippen LogP contribution in [0.3, 0.4) is 0 Å². The van der Waals surface area contributed by atoms with Gasteiger partial charge < -0.3 is 98.5 Å². The summed E-state index contributed by atoms with van der Waals surface area (Å²) in [6, 6.07) is 10.7. The zero-order valence-corrected chi connectivity index (χ0v) is 71.4. The van der Waals surface area contributed by atoms with Crippen LogP contribution in [-0.4, -0.2) is 284 Å². The van der Waals surface area contributed by atoms with Crippen molar-refractivity contribution in [2.75, 3.05) is 170 Å². The number of hydrogen-bond acceptors (Lipinski definition) is 26. The Hall–Kier alpha value is -6.96. The predicted octanol–water partition coefficient (Wildman–Crippen LogP) is 5.61. The van der Waals surface area contributed by atoms with E-state index in [1.807, 2.05) is 27.7 Å². The van der Waals surface area contributed by atoms with Crippen molar-refractivity contribution in [2.45, 2.75) is 192 Å². The highest BCUT2D eigenvalue weighted by atomic mass is 32.2. The summed E-state index contributed by atoms with van der Waals surface area (Å²) < 4.78 is 67.2. The Morgan fingerprint density at radius 1 is 0.426 bits per heavy atom. The monoisotopic (exact) mass is 1660 g/mol. The van der Waals surface area contributed by atoms with Gasteiger partial charge in [0.25, 0.3) is 0 Å². The number of likely N-dealkylation sites (tertiary alicyclic amines) is 2. The molecule has 0 bridgehead atoms. The van der Waals surface area contributed by atoms with E-state index in [0.29, 0.717) is 207 Å². The largest absolute Gasteiger partial charge is 0.458 e. The number of esters is 2. The van der Waals surface area contributed by atoms with Crippen LogP contribution in [0.5, 0.6) is 11.5 Å². The van der Waals surface area contributed by atoms with Gasteiger partial charge in [0.15, 0.2) is 0 Å². The second kappa shape index (κ2) is 50.1. The second-order valence-electron chi connectivity index (χ2n) is 32.6. The third-order valence-electron chi connectivity index (χ3n) is 18.9. The first-order valence-electron chi connectivity index (χ1n) is 40.3. The first-order valence-corrected chi connectivity index (χ1v) is 42.3. The number of piperidine rings is 2. The molecule has 115 heavy (non-hydrogen) atoms. The minimum absolute atomic E-state index is 0.103. The predicted molar refractivity (Wildman–Crippen MR) is 434 cm³/mol. The van der Waals surface area contributed by atoms with E-state index in [2.05, 4.69) is 56.4 Å². The normalized spacial score (nSPS) is 17.7. The first-order chi connectivity index (χ1) is 54.7.